The highest BCUT2D eigenvalue weighted by Crippen LogP contribution is 2.49. The van der Waals surface area contributed by atoms with Crippen LogP contribution in [0.3, 0.4) is 0 Å². The first-order valence-corrected chi connectivity index (χ1v) is 6.88. The van der Waals surface area contributed by atoms with E-state index in [4.69, 9.17) is 4.74 Å². The molecule has 0 spiro atoms. The number of benzene rings is 1. The maximum Gasteiger partial charge on any atom is 0.326 e. The molecule has 0 N–H and O–H groups in total. The molecular weight excluding hydrogens is 264 g/mol. The van der Waals surface area contributed by atoms with E-state index in [1.165, 1.54) is 19.2 Å². The van der Waals surface area contributed by atoms with Gasteiger partial charge in [0.05, 0.1) is 7.11 Å². The van der Waals surface area contributed by atoms with E-state index in [1.54, 1.807) is 0 Å². The number of methoxy groups -OCH3 is 1. The number of esters is 1. The average molecular weight is 281 g/mol. The highest BCUT2D eigenvalue weighted by atomic mass is 19.1. The summed E-state index contributed by atoms with van der Waals surface area (Å²) in [6, 6.07) is 3.46. The average Bonchev–Trinajstić information content (AvgIpc) is 3.07. The van der Waals surface area contributed by atoms with Crippen LogP contribution in [-0.4, -0.2) is 30.1 Å². The normalized spacial score (nSPS) is 27.4. The lowest BCUT2D eigenvalue weighted by molar-refractivity contribution is -0.151. The summed E-state index contributed by atoms with van der Waals surface area (Å²) < 4.78 is 31.5. The van der Waals surface area contributed by atoms with Gasteiger partial charge < -0.3 is 4.74 Å². The van der Waals surface area contributed by atoms with Gasteiger partial charge in [-0.15, -0.1) is 0 Å². The van der Waals surface area contributed by atoms with Crippen molar-refractivity contribution in [3.05, 3.63) is 35.4 Å². The van der Waals surface area contributed by atoms with Crippen molar-refractivity contribution >= 4 is 5.97 Å². The Bertz CT molecular complexity index is 520. The molecule has 0 bridgehead atoms. The van der Waals surface area contributed by atoms with E-state index in [0.29, 0.717) is 12.1 Å². The molecule has 0 aromatic heterocycles. The fourth-order valence-electron chi connectivity index (χ4n) is 3.42. The van der Waals surface area contributed by atoms with Crippen molar-refractivity contribution in [2.45, 2.75) is 37.3 Å². The quantitative estimate of drug-likeness (QED) is 0.630. The smallest absolute Gasteiger partial charge is 0.326 e. The molecule has 1 aliphatic carbocycles. The van der Waals surface area contributed by atoms with Gasteiger partial charge in [-0.25, -0.2) is 8.78 Å². The van der Waals surface area contributed by atoms with Crippen molar-refractivity contribution in [3.63, 3.8) is 0 Å². The van der Waals surface area contributed by atoms with E-state index in [1.807, 2.05) is 4.90 Å². The zero-order valence-corrected chi connectivity index (χ0v) is 11.4. The van der Waals surface area contributed by atoms with Crippen molar-refractivity contribution in [1.82, 2.24) is 4.90 Å². The van der Waals surface area contributed by atoms with Gasteiger partial charge in [-0.3, -0.25) is 9.69 Å². The number of carbonyl (C=O) groups is 1. The van der Waals surface area contributed by atoms with Gasteiger partial charge in [0, 0.05) is 18.7 Å². The highest BCUT2D eigenvalue weighted by molar-refractivity contribution is 5.81. The summed E-state index contributed by atoms with van der Waals surface area (Å²) in [5.41, 5.74) is 0.0000430. The Kier molecular flexibility index (Phi) is 3.24. The Morgan fingerprint density at radius 1 is 1.25 bits per heavy atom. The fraction of sp³-hybridized carbons (Fsp3) is 0.533. The molecular formula is C15H17F2NO2. The minimum Gasteiger partial charge on any atom is -0.468 e. The van der Waals surface area contributed by atoms with Crippen molar-refractivity contribution in [2.75, 3.05) is 13.7 Å². The van der Waals surface area contributed by atoms with Gasteiger partial charge in [-0.1, -0.05) is 12.8 Å². The van der Waals surface area contributed by atoms with E-state index in [-0.39, 0.29) is 12.0 Å². The van der Waals surface area contributed by atoms with Crippen LogP contribution >= 0.6 is 0 Å². The Morgan fingerprint density at radius 2 is 1.85 bits per heavy atom. The highest BCUT2D eigenvalue weighted by Gasteiger charge is 2.56. The maximum atomic E-state index is 13.3. The Labute approximate surface area is 116 Å². The first-order chi connectivity index (χ1) is 9.56. The summed E-state index contributed by atoms with van der Waals surface area (Å²) >= 11 is 0. The van der Waals surface area contributed by atoms with Crippen LogP contribution in [-0.2, 0) is 9.53 Å². The van der Waals surface area contributed by atoms with Crippen LogP contribution in [0.15, 0.2) is 18.2 Å². The summed E-state index contributed by atoms with van der Waals surface area (Å²) in [5, 5.41) is 0. The first kappa shape index (κ1) is 13.5. The second kappa shape index (κ2) is 4.81. The van der Waals surface area contributed by atoms with Crippen LogP contribution < -0.4 is 0 Å². The summed E-state index contributed by atoms with van der Waals surface area (Å²) in [5.74, 6) is -1.38. The van der Waals surface area contributed by atoms with Crippen LogP contribution in [0, 0.1) is 11.6 Å². The van der Waals surface area contributed by atoms with Gasteiger partial charge in [0.25, 0.3) is 0 Å². The van der Waals surface area contributed by atoms with Gasteiger partial charge >= 0.3 is 5.97 Å². The third kappa shape index (κ3) is 2.10. The van der Waals surface area contributed by atoms with Gasteiger partial charge in [0.15, 0.2) is 0 Å². The Hall–Kier alpha value is -1.49. The number of rotatable bonds is 3. The molecule has 0 radical (unpaired) electrons. The van der Waals surface area contributed by atoms with Crippen molar-refractivity contribution in [2.24, 2.45) is 0 Å². The number of ether oxygens (including phenoxy) is 1. The largest absolute Gasteiger partial charge is 0.468 e. The SMILES string of the molecule is COC(=O)C1(N2C[C@@H]2c2cc(F)cc(F)c2)CCCC1. The molecule has 1 saturated carbocycles. The number of hydrogen-bond acceptors (Lipinski definition) is 3. The third-order valence-electron chi connectivity index (χ3n) is 4.43. The Balaban J connectivity index is 1.85. The second-order valence-electron chi connectivity index (χ2n) is 5.60. The molecule has 1 aromatic carbocycles. The van der Waals surface area contributed by atoms with E-state index in [2.05, 4.69) is 0 Å². The molecule has 0 amide bonds. The molecule has 2 atom stereocenters. The summed E-state index contributed by atoms with van der Waals surface area (Å²) in [6.07, 6.45) is 3.48. The van der Waals surface area contributed by atoms with Gasteiger partial charge in [-0.05, 0) is 30.5 Å². The fourth-order valence-corrected chi connectivity index (χ4v) is 3.42. The molecule has 2 aliphatic rings. The van der Waals surface area contributed by atoms with Crippen LogP contribution in [0.2, 0.25) is 0 Å². The van der Waals surface area contributed by atoms with E-state index >= 15 is 0 Å². The molecule has 1 aliphatic heterocycles. The summed E-state index contributed by atoms with van der Waals surface area (Å²) in [4.78, 5) is 14.1. The molecule has 1 heterocycles. The minimum absolute atomic E-state index is 0.0857. The lowest BCUT2D eigenvalue weighted by Crippen LogP contribution is -2.44. The molecule has 1 saturated heterocycles. The van der Waals surface area contributed by atoms with Crippen molar-refractivity contribution in [3.8, 4) is 0 Å². The predicted octanol–water partition coefficient (Wildman–Crippen LogP) is 2.81. The second-order valence-corrected chi connectivity index (χ2v) is 5.60. The first-order valence-electron chi connectivity index (χ1n) is 6.88. The van der Waals surface area contributed by atoms with Gasteiger partial charge in [-0.2, -0.15) is 0 Å². The molecule has 20 heavy (non-hydrogen) atoms. The summed E-state index contributed by atoms with van der Waals surface area (Å²) in [7, 11) is 1.39. The van der Waals surface area contributed by atoms with Crippen LogP contribution in [0.5, 0.6) is 0 Å². The zero-order chi connectivity index (χ0) is 14.3. The van der Waals surface area contributed by atoms with Gasteiger partial charge in [0.1, 0.15) is 17.2 Å². The molecule has 5 heteroatoms. The number of nitrogens with zero attached hydrogens (tertiary/aromatic N) is 1. The summed E-state index contributed by atoms with van der Waals surface area (Å²) in [6.45, 7) is 0.651. The lowest BCUT2D eigenvalue weighted by Gasteiger charge is -2.28. The van der Waals surface area contributed by atoms with E-state index in [9.17, 15) is 13.6 Å². The monoisotopic (exact) mass is 281 g/mol. The molecule has 1 aromatic rings. The topological polar surface area (TPSA) is 29.3 Å². The van der Waals surface area contributed by atoms with Crippen LogP contribution in [0.4, 0.5) is 8.78 Å². The standard InChI is InChI=1S/C15H17F2NO2/c1-20-14(19)15(4-2-3-5-15)18-9-13(18)10-6-11(16)8-12(17)7-10/h6-8,13H,2-5,9H2,1H3/t13-,18?/m1/s1. The van der Waals surface area contributed by atoms with Gasteiger partial charge in [0.2, 0.25) is 0 Å². The molecule has 3 rings (SSSR count). The van der Waals surface area contributed by atoms with E-state index < -0.39 is 17.2 Å². The van der Waals surface area contributed by atoms with Crippen LogP contribution in [0.25, 0.3) is 0 Å². The molecule has 2 fully saturated rings. The van der Waals surface area contributed by atoms with Crippen molar-refractivity contribution in [1.29, 1.82) is 0 Å². The minimum atomic E-state index is -0.595. The number of carbonyl (C=O) groups excluding carboxylic acids is 1. The number of halogens is 2. The van der Waals surface area contributed by atoms with E-state index in [0.717, 1.165) is 31.7 Å². The molecule has 108 valence electrons. The Morgan fingerprint density at radius 3 is 2.40 bits per heavy atom. The molecule has 3 nitrogen and oxygen atoms in total. The third-order valence-corrected chi connectivity index (χ3v) is 4.43. The maximum absolute atomic E-state index is 13.3. The molecule has 1 unspecified atom stereocenters. The number of hydrogen-bond donors (Lipinski definition) is 0. The predicted molar refractivity (Wildman–Crippen MR) is 69.0 cm³/mol. The lowest BCUT2D eigenvalue weighted by atomic mass is 9.97. The van der Waals surface area contributed by atoms with Crippen LogP contribution in [0.1, 0.15) is 37.3 Å². The van der Waals surface area contributed by atoms with Crippen molar-refractivity contribution < 1.29 is 18.3 Å². The zero-order valence-electron chi connectivity index (χ0n) is 11.4.